The van der Waals surface area contributed by atoms with Gasteiger partial charge in [-0.05, 0) is 12.1 Å². The highest BCUT2D eigenvalue weighted by Gasteiger charge is 2.06. The quantitative estimate of drug-likeness (QED) is 0.751. The van der Waals surface area contributed by atoms with E-state index in [0.717, 1.165) is 11.1 Å². The SMILES string of the molecule is OCOc1ccccc1-c1[c]occ1. The molecule has 1 aromatic heterocycles. The maximum Gasteiger partial charge on any atom is 0.186 e. The number of furan rings is 1. The fraction of sp³-hybridized carbons (Fsp3) is 0.0909. The van der Waals surface area contributed by atoms with Crippen LogP contribution in [0.3, 0.4) is 0 Å². The van der Waals surface area contributed by atoms with Crippen molar-refractivity contribution in [3.8, 4) is 16.9 Å². The Balaban J connectivity index is 2.42. The van der Waals surface area contributed by atoms with Gasteiger partial charge in [-0.15, -0.1) is 0 Å². The molecule has 1 heterocycles. The van der Waals surface area contributed by atoms with Crippen molar-refractivity contribution in [3.63, 3.8) is 0 Å². The summed E-state index contributed by atoms with van der Waals surface area (Å²) >= 11 is 0. The van der Waals surface area contributed by atoms with E-state index in [9.17, 15) is 0 Å². The lowest BCUT2D eigenvalue weighted by molar-refractivity contribution is 0.0991. The highest BCUT2D eigenvalue weighted by atomic mass is 16.6. The molecule has 0 aliphatic carbocycles. The highest BCUT2D eigenvalue weighted by Crippen LogP contribution is 2.29. The summed E-state index contributed by atoms with van der Waals surface area (Å²) in [6.45, 7) is -0.338. The minimum atomic E-state index is -0.338. The van der Waals surface area contributed by atoms with Crippen molar-refractivity contribution < 1.29 is 14.3 Å². The Morgan fingerprint density at radius 3 is 2.86 bits per heavy atom. The molecule has 1 aromatic carbocycles. The summed E-state index contributed by atoms with van der Waals surface area (Å²) in [5, 5.41) is 8.69. The first kappa shape index (κ1) is 8.84. The van der Waals surface area contributed by atoms with E-state index in [4.69, 9.17) is 14.3 Å². The third kappa shape index (κ3) is 1.63. The van der Waals surface area contributed by atoms with E-state index in [0.29, 0.717) is 5.75 Å². The lowest BCUT2D eigenvalue weighted by Crippen LogP contribution is -1.95. The maximum atomic E-state index is 8.69. The summed E-state index contributed by atoms with van der Waals surface area (Å²) in [5.74, 6) is 0.618. The van der Waals surface area contributed by atoms with Crippen LogP contribution in [0.15, 0.2) is 41.0 Å². The largest absolute Gasteiger partial charge is 0.467 e. The molecule has 0 saturated carbocycles. The van der Waals surface area contributed by atoms with Crippen LogP contribution in [-0.2, 0) is 0 Å². The van der Waals surface area contributed by atoms with Crippen LogP contribution in [-0.4, -0.2) is 11.9 Å². The Kier molecular flexibility index (Phi) is 2.51. The van der Waals surface area contributed by atoms with Crippen molar-refractivity contribution in [2.24, 2.45) is 0 Å². The lowest BCUT2D eigenvalue weighted by Gasteiger charge is -2.06. The summed E-state index contributed by atoms with van der Waals surface area (Å²) in [6.07, 6.45) is 4.26. The van der Waals surface area contributed by atoms with Gasteiger partial charge in [-0.3, -0.25) is 0 Å². The van der Waals surface area contributed by atoms with Crippen molar-refractivity contribution in [2.75, 3.05) is 6.79 Å². The second-order valence-corrected chi connectivity index (χ2v) is 2.71. The van der Waals surface area contributed by atoms with E-state index in [1.165, 1.54) is 0 Å². The molecular weight excluding hydrogens is 180 g/mol. The van der Waals surface area contributed by atoms with Crippen molar-refractivity contribution in [1.29, 1.82) is 0 Å². The molecule has 0 bridgehead atoms. The molecule has 71 valence electrons. The lowest BCUT2D eigenvalue weighted by atomic mass is 10.1. The van der Waals surface area contributed by atoms with Gasteiger partial charge in [0.1, 0.15) is 5.75 Å². The summed E-state index contributed by atoms with van der Waals surface area (Å²) < 4.78 is 9.91. The molecule has 0 atom stereocenters. The molecule has 0 aliphatic heterocycles. The number of ether oxygens (including phenoxy) is 1. The van der Waals surface area contributed by atoms with Crippen LogP contribution < -0.4 is 4.74 Å². The van der Waals surface area contributed by atoms with Crippen LogP contribution >= 0.6 is 0 Å². The van der Waals surface area contributed by atoms with Crippen molar-refractivity contribution in [2.45, 2.75) is 0 Å². The van der Waals surface area contributed by atoms with E-state index in [-0.39, 0.29) is 6.79 Å². The molecular formula is C11H9O3. The molecule has 0 saturated heterocycles. The molecule has 0 fully saturated rings. The molecule has 3 heteroatoms. The van der Waals surface area contributed by atoms with Crippen LogP contribution in [0.4, 0.5) is 0 Å². The van der Waals surface area contributed by atoms with E-state index < -0.39 is 0 Å². The number of aliphatic hydroxyl groups excluding tert-OH is 1. The predicted molar refractivity (Wildman–Crippen MR) is 50.7 cm³/mol. The Morgan fingerprint density at radius 2 is 2.14 bits per heavy atom. The normalized spacial score (nSPS) is 10.1. The van der Waals surface area contributed by atoms with Gasteiger partial charge in [-0.25, -0.2) is 0 Å². The molecule has 0 aliphatic rings. The van der Waals surface area contributed by atoms with Crippen molar-refractivity contribution >= 4 is 0 Å². The third-order valence-electron chi connectivity index (χ3n) is 1.87. The molecule has 2 rings (SSSR count). The van der Waals surface area contributed by atoms with Crippen LogP contribution in [0, 0.1) is 6.26 Å². The number of para-hydroxylation sites is 1. The average Bonchev–Trinajstić information content (AvgIpc) is 2.72. The van der Waals surface area contributed by atoms with Gasteiger partial charge in [0.25, 0.3) is 0 Å². The van der Waals surface area contributed by atoms with Crippen LogP contribution in [0.25, 0.3) is 11.1 Å². The van der Waals surface area contributed by atoms with Gasteiger partial charge in [0.05, 0.1) is 6.26 Å². The topological polar surface area (TPSA) is 42.6 Å². The molecule has 0 spiro atoms. The Morgan fingerprint density at radius 1 is 1.29 bits per heavy atom. The zero-order chi connectivity index (χ0) is 9.80. The number of aliphatic hydroxyl groups is 1. The fourth-order valence-corrected chi connectivity index (χ4v) is 1.26. The van der Waals surface area contributed by atoms with Crippen LogP contribution in [0.1, 0.15) is 0 Å². The molecule has 3 nitrogen and oxygen atoms in total. The Labute approximate surface area is 81.6 Å². The first-order valence-corrected chi connectivity index (χ1v) is 4.20. The minimum Gasteiger partial charge on any atom is -0.467 e. The minimum absolute atomic E-state index is 0.338. The number of rotatable bonds is 3. The standard InChI is InChI=1S/C11H9O3/c12-8-14-11-4-2-1-3-10(11)9-5-6-13-7-9/h1-6,12H,8H2. The first-order chi connectivity index (χ1) is 6.92. The summed E-state index contributed by atoms with van der Waals surface area (Å²) in [5.41, 5.74) is 1.67. The van der Waals surface area contributed by atoms with Crippen molar-refractivity contribution in [3.05, 3.63) is 42.9 Å². The number of benzene rings is 1. The van der Waals surface area contributed by atoms with Gasteiger partial charge in [0.2, 0.25) is 0 Å². The third-order valence-corrected chi connectivity index (χ3v) is 1.87. The first-order valence-electron chi connectivity index (χ1n) is 4.20. The van der Waals surface area contributed by atoms with Gasteiger partial charge in [0, 0.05) is 11.1 Å². The van der Waals surface area contributed by atoms with Crippen LogP contribution in [0.5, 0.6) is 5.75 Å². The zero-order valence-electron chi connectivity index (χ0n) is 7.43. The van der Waals surface area contributed by atoms with E-state index in [2.05, 4.69) is 6.26 Å². The molecule has 2 aromatic rings. The zero-order valence-corrected chi connectivity index (χ0v) is 7.43. The molecule has 14 heavy (non-hydrogen) atoms. The highest BCUT2D eigenvalue weighted by molar-refractivity contribution is 5.68. The summed E-state index contributed by atoms with van der Waals surface area (Å²) in [7, 11) is 0. The van der Waals surface area contributed by atoms with Crippen molar-refractivity contribution in [1.82, 2.24) is 0 Å². The Bertz CT molecular complexity index is 393. The van der Waals surface area contributed by atoms with E-state index in [1.807, 2.05) is 18.2 Å². The average molecular weight is 189 g/mol. The van der Waals surface area contributed by atoms with Gasteiger partial charge < -0.3 is 14.3 Å². The maximum absolute atomic E-state index is 8.69. The second-order valence-electron chi connectivity index (χ2n) is 2.71. The Hall–Kier alpha value is -1.74. The fourth-order valence-electron chi connectivity index (χ4n) is 1.26. The summed E-state index contributed by atoms with van der Waals surface area (Å²) in [4.78, 5) is 0. The van der Waals surface area contributed by atoms with Gasteiger partial charge in [-0.2, -0.15) is 0 Å². The summed E-state index contributed by atoms with van der Waals surface area (Å²) in [6, 6.07) is 9.19. The number of hydrogen-bond donors (Lipinski definition) is 1. The van der Waals surface area contributed by atoms with Crippen LogP contribution in [0.2, 0.25) is 0 Å². The molecule has 1 radical (unpaired) electrons. The predicted octanol–water partition coefficient (Wildman–Crippen LogP) is 2.08. The molecule has 0 unspecified atom stereocenters. The number of hydrogen-bond acceptors (Lipinski definition) is 3. The van der Waals surface area contributed by atoms with Gasteiger partial charge >= 0.3 is 0 Å². The van der Waals surface area contributed by atoms with Gasteiger partial charge in [-0.1, -0.05) is 18.2 Å². The second kappa shape index (κ2) is 3.98. The molecule has 1 N–H and O–H groups in total. The smallest absolute Gasteiger partial charge is 0.186 e. The monoisotopic (exact) mass is 189 g/mol. The van der Waals surface area contributed by atoms with Gasteiger partial charge in [0.15, 0.2) is 13.1 Å². The van der Waals surface area contributed by atoms with E-state index >= 15 is 0 Å². The molecule has 0 amide bonds. The van der Waals surface area contributed by atoms with E-state index in [1.54, 1.807) is 18.4 Å².